The Labute approximate surface area is 119 Å². The molecule has 1 aliphatic rings. The van der Waals surface area contributed by atoms with E-state index in [4.69, 9.17) is 5.73 Å². The summed E-state index contributed by atoms with van der Waals surface area (Å²) in [7, 11) is 0. The molecule has 1 fully saturated rings. The van der Waals surface area contributed by atoms with Crippen LogP contribution in [0.5, 0.6) is 0 Å². The van der Waals surface area contributed by atoms with Crippen molar-refractivity contribution >= 4 is 28.8 Å². The molecule has 1 aromatic rings. The summed E-state index contributed by atoms with van der Waals surface area (Å²) in [5.74, 6) is 0.0941. The molecule has 0 heterocycles. The second kappa shape index (κ2) is 5.40. The van der Waals surface area contributed by atoms with E-state index < -0.39 is 11.7 Å². The monoisotopic (exact) mass is 302 g/mol. The van der Waals surface area contributed by atoms with Gasteiger partial charge in [0.2, 0.25) is 5.91 Å². The van der Waals surface area contributed by atoms with Gasteiger partial charge in [-0.05, 0) is 37.0 Å². The SMILES string of the molecule is NC(=S)c1ccc(NC(=O)CC2CC2)cc1C(F)(F)F. The maximum absolute atomic E-state index is 12.9. The molecule has 1 saturated carbocycles. The number of halogens is 3. The Kier molecular flexibility index (Phi) is 3.99. The number of rotatable bonds is 4. The van der Waals surface area contributed by atoms with Crippen molar-refractivity contribution in [3.8, 4) is 0 Å². The fourth-order valence-corrected chi connectivity index (χ4v) is 2.05. The van der Waals surface area contributed by atoms with E-state index in [0.29, 0.717) is 12.3 Å². The van der Waals surface area contributed by atoms with Crippen LogP contribution < -0.4 is 11.1 Å². The van der Waals surface area contributed by atoms with Crippen LogP contribution in [0.25, 0.3) is 0 Å². The van der Waals surface area contributed by atoms with Crippen LogP contribution in [-0.2, 0) is 11.0 Å². The van der Waals surface area contributed by atoms with Crippen molar-refractivity contribution in [1.82, 2.24) is 0 Å². The van der Waals surface area contributed by atoms with Gasteiger partial charge in [0.1, 0.15) is 4.99 Å². The van der Waals surface area contributed by atoms with E-state index >= 15 is 0 Å². The summed E-state index contributed by atoms with van der Waals surface area (Å²) in [6.45, 7) is 0. The smallest absolute Gasteiger partial charge is 0.389 e. The topological polar surface area (TPSA) is 55.1 Å². The zero-order chi connectivity index (χ0) is 14.9. The first-order chi connectivity index (χ1) is 9.27. The number of carbonyl (C=O) groups excluding carboxylic acids is 1. The number of hydrogen-bond acceptors (Lipinski definition) is 2. The van der Waals surface area contributed by atoms with Crippen LogP contribution in [-0.4, -0.2) is 10.9 Å². The molecule has 1 amide bonds. The van der Waals surface area contributed by atoms with Gasteiger partial charge in [-0.1, -0.05) is 12.2 Å². The second-order valence-electron chi connectivity index (χ2n) is 4.82. The molecule has 108 valence electrons. The van der Waals surface area contributed by atoms with Crippen LogP contribution in [0.1, 0.15) is 30.4 Å². The summed E-state index contributed by atoms with van der Waals surface area (Å²) in [5, 5.41) is 2.47. The minimum atomic E-state index is -4.57. The average Bonchev–Trinajstić information content (AvgIpc) is 3.11. The lowest BCUT2D eigenvalue weighted by Gasteiger charge is -2.14. The van der Waals surface area contributed by atoms with E-state index in [0.717, 1.165) is 18.9 Å². The Hall–Kier alpha value is -1.63. The number of amides is 1. The summed E-state index contributed by atoms with van der Waals surface area (Å²) >= 11 is 4.61. The predicted molar refractivity (Wildman–Crippen MR) is 73.3 cm³/mol. The minimum absolute atomic E-state index is 0.1000. The molecule has 0 aromatic heterocycles. The molecule has 0 saturated heterocycles. The quantitative estimate of drug-likeness (QED) is 0.840. The number of hydrogen-bond donors (Lipinski definition) is 2. The van der Waals surface area contributed by atoms with Crippen molar-refractivity contribution in [3.63, 3.8) is 0 Å². The van der Waals surface area contributed by atoms with Crippen molar-refractivity contribution in [2.45, 2.75) is 25.4 Å². The van der Waals surface area contributed by atoms with Crippen LogP contribution in [0.15, 0.2) is 18.2 Å². The first-order valence-corrected chi connectivity index (χ1v) is 6.49. The largest absolute Gasteiger partial charge is 0.417 e. The van der Waals surface area contributed by atoms with Gasteiger partial charge >= 0.3 is 6.18 Å². The molecule has 20 heavy (non-hydrogen) atoms. The number of anilines is 1. The van der Waals surface area contributed by atoms with Gasteiger partial charge in [-0.3, -0.25) is 4.79 Å². The number of nitrogens with one attached hydrogen (secondary N) is 1. The number of carbonyl (C=O) groups is 1. The second-order valence-corrected chi connectivity index (χ2v) is 5.26. The Morgan fingerprint density at radius 3 is 2.55 bits per heavy atom. The molecular weight excluding hydrogens is 289 g/mol. The molecule has 0 radical (unpaired) electrons. The highest BCUT2D eigenvalue weighted by molar-refractivity contribution is 7.80. The third-order valence-corrected chi connectivity index (χ3v) is 3.27. The molecule has 0 unspecified atom stereocenters. The van der Waals surface area contributed by atoms with E-state index in [-0.39, 0.29) is 22.1 Å². The van der Waals surface area contributed by atoms with Crippen LogP contribution >= 0.6 is 12.2 Å². The van der Waals surface area contributed by atoms with Gasteiger partial charge in [-0.15, -0.1) is 0 Å². The maximum atomic E-state index is 12.9. The molecule has 3 nitrogen and oxygen atoms in total. The van der Waals surface area contributed by atoms with Crippen molar-refractivity contribution in [3.05, 3.63) is 29.3 Å². The normalized spacial score (nSPS) is 14.9. The summed E-state index contributed by atoms with van der Waals surface area (Å²) in [5.41, 5.74) is 4.20. The molecule has 7 heteroatoms. The summed E-state index contributed by atoms with van der Waals surface area (Å²) in [6.07, 6.45) is -2.22. The van der Waals surface area contributed by atoms with Gasteiger partial charge in [0.15, 0.2) is 0 Å². The number of thiocarbonyl (C=S) groups is 1. The molecular formula is C13H13F3N2OS. The Bertz CT molecular complexity index is 553. The van der Waals surface area contributed by atoms with Gasteiger partial charge in [-0.25, -0.2) is 0 Å². The van der Waals surface area contributed by atoms with Gasteiger partial charge < -0.3 is 11.1 Å². The minimum Gasteiger partial charge on any atom is -0.389 e. The number of nitrogens with two attached hydrogens (primary N) is 1. The highest BCUT2D eigenvalue weighted by atomic mass is 32.1. The number of alkyl halides is 3. The predicted octanol–water partition coefficient (Wildman–Crippen LogP) is 3.08. The Morgan fingerprint density at radius 2 is 2.05 bits per heavy atom. The zero-order valence-corrected chi connectivity index (χ0v) is 11.3. The fourth-order valence-electron chi connectivity index (χ4n) is 1.87. The van der Waals surface area contributed by atoms with E-state index in [1.807, 2.05) is 0 Å². The van der Waals surface area contributed by atoms with E-state index in [9.17, 15) is 18.0 Å². The van der Waals surface area contributed by atoms with Crippen LogP contribution in [0.3, 0.4) is 0 Å². The van der Waals surface area contributed by atoms with E-state index in [2.05, 4.69) is 17.5 Å². The molecule has 1 aliphatic carbocycles. The van der Waals surface area contributed by atoms with Gasteiger partial charge in [0, 0.05) is 17.7 Å². The van der Waals surface area contributed by atoms with Gasteiger partial charge in [0.05, 0.1) is 5.56 Å². The highest BCUT2D eigenvalue weighted by Gasteiger charge is 2.34. The molecule has 0 bridgehead atoms. The molecule has 0 aliphatic heterocycles. The molecule has 2 rings (SSSR count). The highest BCUT2D eigenvalue weighted by Crippen LogP contribution is 2.35. The fraction of sp³-hybridized carbons (Fsp3) is 0.385. The average molecular weight is 302 g/mol. The van der Waals surface area contributed by atoms with Crippen molar-refractivity contribution in [1.29, 1.82) is 0 Å². The third kappa shape index (κ3) is 3.69. The number of benzene rings is 1. The summed E-state index contributed by atoms with van der Waals surface area (Å²) in [6, 6.07) is 3.41. The zero-order valence-electron chi connectivity index (χ0n) is 10.5. The Balaban J connectivity index is 2.22. The summed E-state index contributed by atoms with van der Waals surface area (Å²) < 4.78 is 38.8. The van der Waals surface area contributed by atoms with E-state index in [1.54, 1.807) is 0 Å². The lowest BCUT2D eigenvalue weighted by Crippen LogP contribution is -2.19. The summed E-state index contributed by atoms with van der Waals surface area (Å²) in [4.78, 5) is 11.3. The van der Waals surface area contributed by atoms with Crippen LogP contribution in [0.2, 0.25) is 0 Å². The lowest BCUT2D eigenvalue weighted by molar-refractivity contribution is -0.137. The van der Waals surface area contributed by atoms with Crippen LogP contribution in [0.4, 0.5) is 18.9 Å². The van der Waals surface area contributed by atoms with Crippen molar-refractivity contribution < 1.29 is 18.0 Å². The lowest BCUT2D eigenvalue weighted by atomic mass is 10.1. The van der Waals surface area contributed by atoms with Gasteiger partial charge in [-0.2, -0.15) is 13.2 Å². The molecule has 1 aromatic carbocycles. The molecule has 0 spiro atoms. The Morgan fingerprint density at radius 1 is 1.40 bits per heavy atom. The van der Waals surface area contributed by atoms with Crippen molar-refractivity contribution in [2.24, 2.45) is 11.7 Å². The molecule has 0 atom stereocenters. The first kappa shape index (κ1) is 14.8. The van der Waals surface area contributed by atoms with Gasteiger partial charge in [0.25, 0.3) is 0 Å². The first-order valence-electron chi connectivity index (χ1n) is 6.08. The van der Waals surface area contributed by atoms with E-state index in [1.165, 1.54) is 12.1 Å². The standard InChI is InChI=1S/C13H13F3N2OS/c14-13(15,16)10-6-8(3-4-9(10)12(17)20)18-11(19)5-7-1-2-7/h3-4,6-7H,1-2,5H2,(H2,17,20)(H,18,19). The third-order valence-electron chi connectivity index (χ3n) is 3.05. The van der Waals surface area contributed by atoms with Crippen molar-refractivity contribution in [2.75, 3.05) is 5.32 Å². The van der Waals surface area contributed by atoms with Crippen LogP contribution in [0, 0.1) is 5.92 Å². The maximum Gasteiger partial charge on any atom is 0.417 e. The molecule has 3 N–H and O–H groups in total.